The molecule has 2 aromatic rings. The third kappa shape index (κ3) is 4.11. The summed E-state index contributed by atoms with van der Waals surface area (Å²) in [4.78, 5) is 23.7. The molecular weight excluding hydrogens is 336 g/mol. The number of esters is 1. The van der Waals surface area contributed by atoms with Crippen molar-refractivity contribution in [2.45, 2.75) is 32.0 Å². The molecule has 1 amide bonds. The van der Waals surface area contributed by atoms with Gasteiger partial charge in [0, 0.05) is 6.04 Å². The Morgan fingerprint density at radius 1 is 1.43 bits per heavy atom. The van der Waals surface area contributed by atoms with Gasteiger partial charge in [-0.3, -0.25) is 4.79 Å². The van der Waals surface area contributed by atoms with Crippen LogP contribution in [0.15, 0.2) is 16.6 Å². The van der Waals surface area contributed by atoms with E-state index in [2.05, 4.69) is 20.3 Å². The molecule has 7 nitrogen and oxygen atoms in total. The first-order valence-corrected chi connectivity index (χ1v) is 8.80. The summed E-state index contributed by atoms with van der Waals surface area (Å²) < 4.78 is 6.66. The van der Waals surface area contributed by atoms with E-state index in [1.54, 1.807) is 11.4 Å². The molecule has 2 aromatic heterocycles. The van der Waals surface area contributed by atoms with Crippen LogP contribution in [0, 0.1) is 6.92 Å². The lowest BCUT2D eigenvalue weighted by Crippen LogP contribution is -2.16. The predicted molar refractivity (Wildman–Crippen MR) is 90.2 cm³/mol. The molecule has 9 heteroatoms. The maximum Gasteiger partial charge on any atom is 0.340 e. The maximum atomic E-state index is 12.1. The molecule has 0 radical (unpaired) electrons. The van der Waals surface area contributed by atoms with Crippen molar-refractivity contribution in [2.75, 3.05) is 18.2 Å². The highest BCUT2D eigenvalue weighted by molar-refractivity contribution is 7.99. The Kier molecular flexibility index (Phi) is 5.78. The molecule has 0 saturated carbocycles. The molecule has 0 unspecified atom stereocenters. The molecule has 0 atom stereocenters. The number of hydrogen-bond donors (Lipinski definition) is 1. The van der Waals surface area contributed by atoms with E-state index in [1.165, 1.54) is 30.2 Å². The molecule has 2 heterocycles. The van der Waals surface area contributed by atoms with E-state index < -0.39 is 5.97 Å². The molecule has 0 aliphatic heterocycles. The first-order chi connectivity index (χ1) is 10.9. The Hall–Kier alpha value is -1.87. The van der Waals surface area contributed by atoms with E-state index >= 15 is 0 Å². The molecule has 0 aromatic carbocycles. The smallest absolute Gasteiger partial charge is 0.340 e. The summed E-state index contributed by atoms with van der Waals surface area (Å²) in [5.41, 5.74) is 0.358. The zero-order valence-corrected chi connectivity index (χ0v) is 15.0. The fourth-order valence-electron chi connectivity index (χ4n) is 2.01. The third-order valence-electron chi connectivity index (χ3n) is 3.01. The van der Waals surface area contributed by atoms with Gasteiger partial charge < -0.3 is 14.6 Å². The minimum Gasteiger partial charge on any atom is -0.465 e. The Labute approximate surface area is 142 Å². The van der Waals surface area contributed by atoms with Crippen LogP contribution in [0.4, 0.5) is 5.00 Å². The van der Waals surface area contributed by atoms with E-state index in [9.17, 15) is 9.59 Å². The number of hydrogen-bond acceptors (Lipinski definition) is 7. The second kappa shape index (κ2) is 7.60. The van der Waals surface area contributed by atoms with Crippen LogP contribution in [0.5, 0.6) is 0 Å². The predicted octanol–water partition coefficient (Wildman–Crippen LogP) is 2.75. The average molecular weight is 354 g/mol. The van der Waals surface area contributed by atoms with Gasteiger partial charge in [0.25, 0.3) is 0 Å². The molecule has 2 rings (SSSR count). The number of nitrogens with zero attached hydrogens (tertiary/aromatic N) is 3. The second-order valence-corrected chi connectivity index (χ2v) is 6.84. The number of nitrogens with one attached hydrogen (secondary N) is 1. The van der Waals surface area contributed by atoms with Crippen molar-refractivity contribution in [2.24, 2.45) is 0 Å². The quantitative estimate of drug-likeness (QED) is 0.634. The van der Waals surface area contributed by atoms with Crippen LogP contribution in [-0.2, 0) is 9.53 Å². The monoisotopic (exact) mass is 354 g/mol. The summed E-state index contributed by atoms with van der Waals surface area (Å²) in [5.74, 6) is 0.320. The SMILES string of the molecule is COC(=O)c1ccsc1NC(=O)CSc1nnc(C)n1C(C)C. The molecular formula is C14H18N4O3S2. The summed E-state index contributed by atoms with van der Waals surface area (Å²) in [5, 5.41) is 13.8. The van der Waals surface area contributed by atoms with Crippen LogP contribution in [0.1, 0.15) is 36.1 Å². The van der Waals surface area contributed by atoms with Gasteiger partial charge in [-0.1, -0.05) is 11.8 Å². The Morgan fingerprint density at radius 3 is 2.83 bits per heavy atom. The van der Waals surface area contributed by atoms with E-state index in [4.69, 9.17) is 0 Å². The van der Waals surface area contributed by atoms with Crippen molar-refractivity contribution in [1.82, 2.24) is 14.8 Å². The number of carbonyl (C=O) groups is 2. The first kappa shape index (κ1) is 17.5. The summed E-state index contributed by atoms with van der Waals surface area (Å²) in [6, 6.07) is 1.84. The Morgan fingerprint density at radius 2 is 2.17 bits per heavy atom. The van der Waals surface area contributed by atoms with Crippen LogP contribution < -0.4 is 5.32 Å². The van der Waals surface area contributed by atoms with Crippen molar-refractivity contribution < 1.29 is 14.3 Å². The molecule has 0 aliphatic carbocycles. The first-order valence-electron chi connectivity index (χ1n) is 6.94. The maximum absolute atomic E-state index is 12.1. The lowest BCUT2D eigenvalue weighted by molar-refractivity contribution is -0.113. The summed E-state index contributed by atoms with van der Waals surface area (Å²) in [6.07, 6.45) is 0. The molecule has 0 spiro atoms. The minimum absolute atomic E-state index is 0.184. The van der Waals surface area contributed by atoms with Crippen LogP contribution in [0.3, 0.4) is 0 Å². The number of amides is 1. The topological polar surface area (TPSA) is 86.1 Å². The van der Waals surface area contributed by atoms with E-state index in [-0.39, 0.29) is 17.7 Å². The number of anilines is 1. The summed E-state index contributed by atoms with van der Waals surface area (Å²) >= 11 is 2.59. The highest BCUT2D eigenvalue weighted by atomic mass is 32.2. The van der Waals surface area contributed by atoms with E-state index in [0.29, 0.717) is 15.7 Å². The lowest BCUT2D eigenvalue weighted by atomic mass is 10.3. The van der Waals surface area contributed by atoms with Gasteiger partial charge in [-0.05, 0) is 32.2 Å². The van der Waals surface area contributed by atoms with E-state index in [1.807, 2.05) is 25.3 Å². The van der Waals surface area contributed by atoms with Gasteiger partial charge in [-0.15, -0.1) is 21.5 Å². The van der Waals surface area contributed by atoms with Gasteiger partial charge in [0.05, 0.1) is 18.4 Å². The third-order valence-corrected chi connectivity index (χ3v) is 4.78. The second-order valence-electron chi connectivity index (χ2n) is 4.99. The number of aromatic nitrogens is 3. The van der Waals surface area contributed by atoms with Gasteiger partial charge in [0.15, 0.2) is 5.16 Å². The summed E-state index contributed by atoms with van der Waals surface area (Å²) in [7, 11) is 1.31. The van der Waals surface area contributed by atoms with Crippen molar-refractivity contribution >= 4 is 40.0 Å². The fourth-order valence-corrected chi connectivity index (χ4v) is 3.72. The van der Waals surface area contributed by atoms with Crippen molar-refractivity contribution in [3.05, 3.63) is 22.8 Å². The number of methoxy groups -OCH3 is 1. The van der Waals surface area contributed by atoms with Crippen LogP contribution in [0.25, 0.3) is 0 Å². The highest BCUT2D eigenvalue weighted by Gasteiger charge is 2.17. The highest BCUT2D eigenvalue weighted by Crippen LogP contribution is 2.25. The number of carbonyl (C=O) groups excluding carboxylic acids is 2. The zero-order valence-electron chi connectivity index (χ0n) is 13.3. The number of aryl methyl sites for hydroxylation is 1. The number of thioether (sulfide) groups is 1. The normalized spacial score (nSPS) is 10.8. The molecule has 0 saturated heterocycles. The largest absolute Gasteiger partial charge is 0.465 e. The molecule has 23 heavy (non-hydrogen) atoms. The summed E-state index contributed by atoms with van der Waals surface area (Å²) in [6.45, 7) is 5.95. The molecule has 0 fully saturated rings. The molecule has 0 aliphatic rings. The van der Waals surface area contributed by atoms with Crippen molar-refractivity contribution in [3.63, 3.8) is 0 Å². The van der Waals surface area contributed by atoms with Gasteiger partial charge in [0.1, 0.15) is 10.8 Å². The van der Waals surface area contributed by atoms with Crippen LogP contribution >= 0.6 is 23.1 Å². The van der Waals surface area contributed by atoms with Crippen molar-refractivity contribution in [3.8, 4) is 0 Å². The standard InChI is InChI=1S/C14H18N4O3S2/c1-8(2)18-9(3)16-17-14(18)23-7-11(19)15-12-10(5-6-22-12)13(20)21-4/h5-6,8H,7H2,1-4H3,(H,15,19). The van der Waals surface area contributed by atoms with Gasteiger partial charge in [-0.2, -0.15) is 0 Å². The molecule has 1 N–H and O–H groups in total. The minimum atomic E-state index is -0.468. The van der Waals surface area contributed by atoms with Gasteiger partial charge in [0.2, 0.25) is 5.91 Å². The number of rotatable bonds is 6. The van der Waals surface area contributed by atoms with Crippen LogP contribution in [-0.4, -0.2) is 39.5 Å². The molecule has 124 valence electrons. The Bertz CT molecular complexity index is 709. The zero-order chi connectivity index (χ0) is 17.0. The van der Waals surface area contributed by atoms with Crippen molar-refractivity contribution in [1.29, 1.82) is 0 Å². The fraction of sp³-hybridized carbons (Fsp3) is 0.429. The molecule has 0 bridgehead atoms. The number of ether oxygens (including phenoxy) is 1. The van der Waals surface area contributed by atoms with E-state index in [0.717, 1.165) is 5.82 Å². The van der Waals surface area contributed by atoms with Gasteiger partial charge in [-0.25, -0.2) is 4.79 Å². The average Bonchev–Trinajstić information content (AvgIpc) is 3.10. The van der Waals surface area contributed by atoms with Crippen LogP contribution in [0.2, 0.25) is 0 Å². The lowest BCUT2D eigenvalue weighted by Gasteiger charge is -2.11. The Balaban J connectivity index is 1.99. The van der Waals surface area contributed by atoms with Gasteiger partial charge >= 0.3 is 5.97 Å². The number of thiophene rings is 1.